The van der Waals surface area contributed by atoms with Crippen molar-refractivity contribution >= 4 is 34.4 Å². The van der Waals surface area contributed by atoms with E-state index in [1.165, 1.54) is 0 Å². The van der Waals surface area contributed by atoms with Crippen LogP contribution in [0.15, 0.2) is 0 Å². The van der Waals surface area contributed by atoms with Crippen LogP contribution in [0.3, 0.4) is 0 Å². The van der Waals surface area contributed by atoms with Gasteiger partial charge in [0.15, 0.2) is 6.29 Å². The van der Waals surface area contributed by atoms with E-state index in [0.29, 0.717) is 0 Å². The molecule has 58 valence electrons. The third kappa shape index (κ3) is 4.57. The third-order valence-electron chi connectivity index (χ3n) is 0.669. The number of hydrogen-bond donors (Lipinski definition) is 4. The van der Waals surface area contributed by atoms with Crippen LogP contribution in [0.2, 0.25) is 0 Å². The first-order valence-corrected chi connectivity index (χ1v) is 3.29. The summed E-state index contributed by atoms with van der Waals surface area (Å²) in [7, 11) is 0. The van der Waals surface area contributed by atoms with Crippen LogP contribution in [0.5, 0.6) is 0 Å². The maximum atomic E-state index is 8.33. The zero-order chi connectivity index (χ0) is 8.15. The van der Waals surface area contributed by atoms with Crippen molar-refractivity contribution in [2.45, 2.75) is 6.29 Å². The highest BCUT2D eigenvalue weighted by molar-refractivity contribution is 7.89. The number of nitrogens with two attached hydrogens (primary N) is 1. The molecule has 0 heterocycles. The zero-order valence-corrected chi connectivity index (χ0v) is 6.71. The molecule has 0 rings (SSSR count). The summed E-state index contributed by atoms with van der Waals surface area (Å²) < 4.78 is 0. The summed E-state index contributed by atoms with van der Waals surface area (Å²) >= 11 is 9.08. The van der Waals surface area contributed by atoms with E-state index in [9.17, 15) is 0 Å². The molecule has 0 aliphatic heterocycles. The molecule has 6 heteroatoms. The number of aliphatic hydroxyl groups is 2. The number of aliphatic hydroxyl groups excluding tert-OH is 1. The Kier molecular flexibility index (Phi) is 4.37. The minimum atomic E-state index is -1.44. The lowest BCUT2D eigenvalue weighted by atomic mass is 10.5. The van der Waals surface area contributed by atoms with Crippen molar-refractivity contribution in [1.29, 1.82) is 0 Å². The van der Waals surface area contributed by atoms with Gasteiger partial charge in [-0.05, 0) is 0 Å². The summed E-state index contributed by atoms with van der Waals surface area (Å²) in [5.74, 6) is 0. The molecule has 0 aromatic rings. The maximum absolute atomic E-state index is 8.33. The molecule has 0 spiro atoms. The van der Waals surface area contributed by atoms with Crippen LogP contribution in [0.4, 0.5) is 0 Å². The molecule has 0 unspecified atom stereocenters. The second-order valence-corrected chi connectivity index (χ2v) is 2.40. The molecular weight excluding hydrogens is 172 g/mol. The number of thiocarbonyl (C=S) groups is 2. The molecule has 0 aromatic carbocycles. The van der Waals surface area contributed by atoms with Gasteiger partial charge in [-0.15, -0.1) is 0 Å². The number of rotatable bonds is 2. The first-order valence-electron chi connectivity index (χ1n) is 2.48. The van der Waals surface area contributed by atoms with Crippen molar-refractivity contribution in [2.24, 2.45) is 5.73 Å². The van der Waals surface area contributed by atoms with Gasteiger partial charge in [0, 0.05) is 0 Å². The van der Waals surface area contributed by atoms with Gasteiger partial charge in [-0.25, -0.2) is 0 Å². The van der Waals surface area contributed by atoms with E-state index in [0.717, 1.165) is 0 Å². The van der Waals surface area contributed by atoms with E-state index in [4.69, 9.17) is 15.9 Å². The highest BCUT2D eigenvalue weighted by Crippen LogP contribution is 1.75. The lowest BCUT2D eigenvalue weighted by Crippen LogP contribution is -2.37. The summed E-state index contributed by atoms with van der Waals surface area (Å²) in [4.78, 5) is 0.221. The van der Waals surface area contributed by atoms with Crippen molar-refractivity contribution in [3.8, 4) is 0 Å². The van der Waals surface area contributed by atoms with E-state index < -0.39 is 6.29 Å². The monoisotopic (exact) mass is 180 g/mol. The topological polar surface area (TPSA) is 78.5 Å². The third-order valence-corrected chi connectivity index (χ3v) is 1.37. The van der Waals surface area contributed by atoms with Crippen molar-refractivity contribution in [3.05, 3.63) is 0 Å². The average molecular weight is 180 g/mol. The molecule has 0 atom stereocenters. The molecule has 0 saturated heterocycles. The molecule has 0 bridgehead atoms. The maximum Gasteiger partial charge on any atom is 0.169 e. The predicted molar refractivity (Wildman–Crippen MR) is 45.6 cm³/mol. The van der Waals surface area contributed by atoms with Gasteiger partial charge < -0.3 is 21.3 Å². The van der Waals surface area contributed by atoms with Crippen molar-refractivity contribution in [1.82, 2.24) is 5.32 Å². The standard InChI is InChI=1S/C4H8N2O2S2/c5-3(9)4(10)6-1-2(7)8/h2,7-8H,1H2,(H2,5,9)(H,6,10). The summed E-state index contributed by atoms with van der Waals surface area (Å²) in [6, 6.07) is 0. The second kappa shape index (κ2) is 4.51. The molecule has 5 N–H and O–H groups in total. The minimum absolute atomic E-state index is 0.0515. The summed E-state index contributed by atoms with van der Waals surface area (Å²) in [5, 5.41) is 19.1. The van der Waals surface area contributed by atoms with Crippen LogP contribution >= 0.6 is 24.4 Å². The Labute approximate surface area is 69.0 Å². The smallest absolute Gasteiger partial charge is 0.169 e. The van der Waals surface area contributed by atoms with Gasteiger partial charge >= 0.3 is 0 Å². The lowest BCUT2D eigenvalue weighted by Gasteiger charge is -2.06. The normalized spacial score (nSPS) is 9.50. The van der Waals surface area contributed by atoms with E-state index >= 15 is 0 Å². The van der Waals surface area contributed by atoms with Gasteiger partial charge in [0.1, 0.15) is 9.98 Å². The molecule has 10 heavy (non-hydrogen) atoms. The SMILES string of the molecule is NC(=S)C(=S)NCC(O)O. The average Bonchev–Trinajstić information content (AvgIpc) is 1.82. The largest absolute Gasteiger partial charge is 0.388 e. The summed E-state index contributed by atoms with van der Waals surface area (Å²) in [5.41, 5.74) is 5.09. The molecular formula is C4H8N2O2S2. The van der Waals surface area contributed by atoms with Gasteiger partial charge in [-0.3, -0.25) is 0 Å². The Balaban J connectivity index is 3.50. The van der Waals surface area contributed by atoms with Crippen LogP contribution in [0, 0.1) is 0 Å². The number of nitrogens with one attached hydrogen (secondary N) is 1. The molecule has 0 saturated carbocycles. The van der Waals surface area contributed by atoms with Gasteiger partial charge in [0.2, 0.25) is 0 Å². The van der Waals surface area contributed by atoms with Crippen LogP contribution in [-0.2, 0) is 0 Å². The highest BCUT2D eigenvalue weighted by Gasteiger charge is 2.00. The molecule has 4 nitrogen and oxygen atoms in total. The Morgan fingerprint density at radius 3 is 2.30 bits per heavy atom. The minimum Gasteiger partial charge on any atom is -0.388 e. The molecule has 0 radical (unpaired) electrons. The van der Waals surface area contributed by atoms with Gasteiger partial charge in [0.25, 0.3) is 0 Å². The first kappa shape index (κ1) is 9.70. The van der Waals surface area contributed by atoms with E-state index in [1.807, 2.05) is 0 Å². The number of hydrogen-bond acceptors (Lipinski definition) is 4. The Bertz CT molecular complexity index is 148. The summed E-state index contributed by atoms with van der Waals surface area (Å²) in [6.07, 6.45) is -1.44. The van der Waals surface area contributed by atoms with Crippen LogP contribution in [-0.4, -0.2) is 33.0 Å². The van der Waals surface area contributed by atoms with Crippen molar-refractivity contribution < 1.29 is 10.2 Å². The van der Waals surface area contributed by atoms with Crippen LogP contribution < -0.4 is 11.1 Å². The van der Waals surface area contributed by atoms with Gasteiger partial charge in [-0.1, -0.05) is 24.4 Å². The molecule has 0 aliphatic carbocycles. The fraction of sp³-hybridized carbons (Fsp3) is 0.500. The van der Waals surface area contributed by atoms with Crippen molar-refractivity contribution in [3.63, 3.8) is 0 Å². The van der Waals surface area contributed by atoms with E-state index in [1.54, 1.807) is 0 Å². The first-order chi connectivity index (χ1) is 4.54. The van der Waals surface area contributed by atoms with Crippen LogP contribution in [0.1, 0.15) is 0 Å². The molecule has 0 amide bonds. The lowest BCUT2D eigenvalue weighted by molar-refractivity contribution is -0.0339. The zero-order valence-electron chi connectivity index (χ0n) is 5.07. The summed E-state index contributed by atoms with van der Waals surface area (Å²) in [6.45, 7) is -0.0594. The van der Waals surface area contributed by atoms with Gasteiger partial charge in [-0.2, -0.15) is 0 Å². The molecule has 0 aliphatic rings. The highest BCUT2D eigenvalue weighted by atomic mass is 32.1. The fourth-order valence-corrected chi connectivity index (χ4v) is 0.427. The Morgan fingerprint density at radius 2 is 2.00 bits per heavy atom. The van der Waals surface area contributed by atoms with Crippen molar-refractivity contribution in [2.75, 3.05) is 6.54 Å². The molecule has 0 aromatic heterocycles. The Hall–Kier alpha value is -0.300. The quantitative estimate of drug-likeness (QED) is 0.306. The molecule has 0 fully saturated rings. The van der Waals surface area contributed by atoms with Gasteiger partial charge in [0.05, 0.1) is 6.54 Å². The Morgan fingerprint density at radius 1 is 1.50 bits per heavy atom. The van der Waals surface area contributed by atoms with E-state index in [2.05, 4.69) is 29.8 Å². The second-order valence-electron chi connectivity index (χ2n) is 1.55. The predicted octanol–water partition coefficient (Wildman–Crippen LogP) is -1.50. The van der Waals surface area contributed by atoms with E-state index in [-0.39, 0.29) is 16.5 Å². The van der Waals surface area contributed by atoms with Crippen LogP contribution in [0.25, 0.3) is 0 Å². The fourth-order valence-electron chi connectivity index (χ4n) is 0.271.